The fourth-order valence-electron chi connectivity index (χ4n) is 2.97. The predicted molar refractivity (Wildman–Crippen MR) is 111 cm³/mol. The molecule has 3 aromatic rings. The molecule has 0 amide bonds. The number of nitrogens with one attached hydrogen (secondary N) is 2. The molecule has 1 aromatic carbocycles. The Morgan fingerprint density at radius 1 is 1.15 bits per heavy atom. The Labute approximate surface area is 163 Å². The number of alkyl halides is 2. The quantitative estimate of drug-likeness (QED) is 0.436. The van der Waals surface area contributed by atoms with E-state index in [1.54, 1.807) is 18.6 Å². The Kier molecular flexibility index (Phi) is 5.46. The van der Waals surface area contributed by atoms with Crippen molar-refractivity contribution in [1.82, 2.24) is 20.3 Å². The van der Waals surface area contributed by atoms with Gasteiger partial charge in [-0.3, -0.25) is 0 Å². The topological polar surface area (TPSA) is 62.7 Å². The van der Waals surface area contributed by atoms with Crippen LogP contribution in [0.3, 0.4) is 0 Å². The van der Waals surface area contributed by atoms with Crippen molar-refractivity contribution in [3.8, 4) is 0 Å². The molecule has 26 heavy (non-hydrogen) atoms. The molecule has 0 unspecified atom stereocenters. The maximum atomic E-state index is 14.5. The van der Waals surface area contributed by atoms with Gasteiger partial charge in [0.25, 0.3) is 0 Å². The van der Waals surface area contributed by atoms with E-state index in [4.69, 9.17) is 11.6 Å². The molecule has 2 N–H and O–H groups in total. The molecule has 1 saturated heterocycles. The molecular weight excluding hydrogens is 468 g/mol. The minimum atomic E-state index is -1.52. The van der Waals surface area contributed by atoms with E-state index in [-0.39, 0.29) is 5.82 Å². The van der Waals surface area contributed by atoms with Crippen molar-refractivity contribution in [2.45, 2.75) is 6.54 Å². The van der Waals surface area contributed by atoms with Crippen molar-refractivity contribution in [3.63, 3.8) is 0 Å². The van der Waals surface area contributed by atoms with Gasteiger partial charge in [-0.1, -0.05) is 0 Å². The SMILES string of the molecule is Fc1cncc(NCc2cc(Cl)c3nccnc3c2)c1I1CCNCC1. The van der Waals surface area contributed by atoms with Crippen LogP contribution < -0.4 is 10.6 Å². The number of hydrogen-bond acceptors (Lipinski definition) is 5. The molecule has 8 heteroatoms. The Bertz CT molecular complexity index is 933. The number of hydrogen-bond donors (Lipinski definition) is 2. The Balaban J connectivity index is 1.59. The maximum absolute atomic E-state index is 14.5. The second-order valence-corrected chi connectivity index (χ2v) is 12.2. The van der Waals surface area contributed by atoms with Gasteiger partial charge in [0.1, 0.15) is 0 Å². The van der Waals surface area contributed by atoms with E-state index in [0.29, 0.717) is 17.1 Å². The van der Waals surface area contributed by atoms with Crippen molar-refractivity contribution in [3.05, 3.63) is 56.9 Å². The van der Waals surface area contributed by atoms with Crippen molar-refractivity contribution in [2.75, 3.05) is 27.3 Å². The Hall–Kier alpha value is -1.58. The molecule has 0 atom stereocenters. The third-order valence-corrected chi connectivity index (χ3v) is 10.8. The normalized spacial score (nSPS) is 16.0. The summed E-state index contributed by atoms with van der Waals surface area (Å²) in [6, 6.07) is 3.83. The van der Waals surface area contributed by atoms with Crippen LogP contribution in [0.1, 0.15) is 5.56 Å². The molecule has 2 aromatic heterocycles. The number of halogens is 3. The van der Waals surface area contributed by atoms with Gasteiger partial charge in [-0.25, -0.2) is 0 Å². The number of fused-ring (bicyclic) bond motifs is 1. The number of pyridine rings is 1. The van der Waals surface area contributed by atoms with Gasteiger partial charge in [0.2, 0.25) is 0 Å². The van der Waals surface area contributed by atoms with E-state index in [1.165, 1.54) is 6.20 Å². The second-order valence-electron chi connectivity index (χ2n) is 5.92. The molecule has 0 radical (unpaired) electrons. The second kappa shape index (κ2) is 7.98. The number of aromatic nitrogens is 3. The summed E-state index contributed by atoms with van der Waals surface area (Å²) in [6.07, 6.45) is 6.35. The van der Waals surface area contributed by atoms with Crippen LogP contribution >= 0.6 is 31.4 Å². The van der Waals surface area contributed by atoms with Crippen LogP contribution in [0, 0.1) is 9.39 Å². The van der Waals surface area contributed by atoms with Gasteiger partial charge in [-0.2, -0.15) is 0 Å². The van der Waals surface area contributed by atoms with Gasteiger partial charge in [0.05, 0.1) is 0 Å². The van der Waals surface area contributed by atoms with E-state index in [1.807, 2.05) is 12.1 Å². The summed E-state index contributed by atoms with van der Waals surface area (Å²) < 4.78 is 17.6. The number of rotatable bonds is 4. The standard InChI is InChI=1S/C18H18ClFIN5/c19-13-7-12(8-15-18(13)25-6-5-24-15)9-26-16-11-23-10-14(20)17(16)21-1-3-22-4-2-21/h5-8,10-11,22,26H,1-4,9H2. The van der Waals surface area contributed by atoms with Crippen LogP contribution in [0.2, 0.25) is 5.02 Å². The van der Waals surface area contributed by atoms with Crippen LogP contribution in [0.5, 0.6) is 0 Å². The summed E-state index contributed by atoms with van der Waals surface area (Å²) in [5.74, 6) is -0.176. The van der Waals surface area contributed by atoms with Crippen LogP contribution in [0.15, 0.2) is 36.9 Å². The third kappa shape index (κ3) is 3.74. The molecule has 1 aliphatic heterocycles. The average molecular weight is 486 g/mol. The van der Waals surface area contributed by atoms with E-state index >= 15 is 0 Å². The average Bonchev–Trinajstić information content (AvgIpc) is 2.67. The predicted octanol–water partition coefficient (Wildman–Crippen LogP) is 3.71. The first-order chi connectivity index (χ1) is 12.7. The first-order valence-electron chi connectivity index (χ1n) is 8.31. The zero-order valence-electron chi connectivity index (χ0n) is 14.0. The molecule has 5 nitrogen and oxygen atoms in total. The van der Waals surface area contributed by atoms with Gasteiger partial charge in [0.15, 0.2) is 0 Å². The fraction of sp³-hybridized carbons (Fsp3) is 0.278. The summed E-state index contributed by atoms with van der Waals surface area (Å²) >= 11 is 4.80. The molecule has 3 heterocycles. The zero-order valence-corrected chi connectivity index (χ0v) is 16.9. The Morgan fingerprint density at radius 2 is 1.96 bits per heavy atom. The van der Waals surface area contributed by atoms with Crippen LogP contribution in [0.4, 0.5) is 10.1 Å². The molecule has 0 aliphatic carbocycles. The molecule has 0 spiro atoms. The summed E-state index contributed by atoms with van der Waals surface area (Å²) in [4.78, 5) is 12.6. The van der Waals surface area contributed by atoms with Crippen molar-refractivity contribution < 1.29 is 4.39 Å². The summed E-state index contributed by atoms with van der Waals surface area (Å²) in [6.45, 7) is 2.49. The van der Waals surface area contributed by atoms with Gasteiger partial charge in [-0.15, -0.1) is 0 Å². The first kappa shape index (κ1) is 17.8. The first-order valence-corrected chi connectivity index (χ1v) is 12.8. The minimum absolute atomic E-state index is 0.176. The Morgan fingerprint density at radius 3 is 2.81 bits per heavy atom. The molecule has 1 fully saturated rings. The number of nitrogens with zero attached hydrogens (tertiary/aromatic N) is 3. The van der Waals surface area contributed by atoms with E-state index in [9.17, 15) is 4.39 Å². The molecular formula is C18H18ClFIN5. The third-order valence-electron chi connectivity index (χ3n) is 4.17. The summed E-state index contributed by atoms with van der Waals surface area (Å²) in [5, 5.41) is 7.30. The molecule has 1 aliphatic rings. The fourth-order valence-corrected chi connectivity index (χ4v) is 8.96. The zero-order chi connectivity index (χ0) is 17.9. The van der Waals surface area contributed by atoms with Crippen molar-refractivity contribution in [2.24, 2.45) is 0 Å². The van der Waals surface area contributed by atoms with Gasteiger partial charge in [0, 0.05) is 0 Å². The van der Waals surface area contributed by atoms with Crippen molar-refractivity contribution >= 4 is 48.1 Å². The van der Waals surface area contributed by atoms with Gasteiger partial charge < -0.3 is 0 Å². The van der Waals surface area contributed by atoms with E-state index in [0.717, 1.165) is 42.3 Å². The van der Waals surface area contributed by atoms with Gasteiger partial charge in [-0.05, 0) is 0 Å². The molecule has 0 bridgehead atoms. The van der Waals surface area contributed by atoms with Crippen LogP contribution in [-0.4, -0.2) is 36.9 Å². The summed E-state index contributed by atoms with van der Waals surface area (Å²) in [5.41, 5.74) is 3.23. The molecule has 0 saturated carbocycles. The van der Waals surface area contributed by atoms with Gasteiger partial charge >= 0.3 is 163 Å². The number of anilines is 1. The molecule has 4 rings (SSSR count). The number of benzene rings is 1. The van der Waals surface area contributed by atoms with Crippen LogP contribution in [0.25, 0.3) is 11.0 Å². The van der Waals surface area contributed by atoms with Crippen molar-refractivity contribution in [1.29, 1.82) is 0 Å². The summed E-state index contributed by atoms with van der Waals surface area (Å²) in [7, 11) is 0. The van der Waals surface area contributed by atoms with E-state index < -0.39 is 19.8 Å². The molecule has 136 valence electrons. The monoisotopic (exact) mass is 485 g/mol. The van der Waals surface area contributed by atoms with E-state index in [2.05, 4.69) is 25.6 Å². The van der Waals surface area contributed by atoms with Crippen LogP contribution in [-0.2, 0) is 6.54 Å².